The largest absolute Gasteiger partial charge is 0.311 e. The summed E-state index contributed by atoms with van der Waals surface area (Å²) in [7, 11) is 0. The first-order valence-electron chi connectivity index (χ1n) is 42.1. The highest BCUT2D eigenvalue weighted by Crippen LogP contribution is 2.51. The Hall–Kier alpha value is -12.6. The van der Waals surface area contributed by atoms with E-state index in [2.05, 4.69) is 260 Å². The van der Waals surface area contributed by atoms with Crippen molar-refractivity contribution in [2.45, 2.75) is 52.4 Å². The van der Waals surface area contributed by atoms with Crippen LogP contribution < -0.4 is 21.3 Å². The lowest BCUT2D eigenvalue weighted by atomic mass is 9.33. The zero-order valence-electron chi connectivity index (χ0n) is 70.8. The van der Waals surface area contributed by atoms with E-state index in [0.29, 0.717) is 27.5 Å². The SMILES string of the molecule is [2H]c1c([2H])c([2H])c(-c2ccc3c(c2)c2cc(-n4c5c([2H])c([2H])c([2H])c([2H])c5c5c([2H])c([2H])c([2H])c([2H])c54)cc4c2n3-c2cc3c(c5c2B4c2ccc(-n4c6ccc(C(C)(C)C)cc6c6cc(C(C)(C)C)ccc64)cc2N5c2ccc(-c4ccccc4)cc2)c2cccc4c5ccccc5c5ccccc5c5ccccc5n3c42)c([2H])c1[2H]. The lowest BCUT2D eigenvalue weighted by Gasteiger charge is -2.41. The Kier molecular flexibility index (Phi) is 9.80. The molecule has 490 valence electrons. The van der Waals surface area contributed by atoms with Crippen LogP contribution in [-0.2, 0) is 10.8 Å². The summed E-state index contributed by atoms with van der Waals surface area (Å²) in [5, 5.41) is 11.6. The van der Waals surface area contributed by atoms with Crippen molar-refractivity contribution in [2.24, 2.45) is 0 Å². The molecule has 0 fully saturated rings. The fraction of sp³-hybridized carbons (Fsp3) is 0.0816. The first kappa shape index (κ1) is 47.5. The summed E-state index contributed by atoms with van der Waals surface area (Å²) in [5.74, 6) is 0. The number of hydrogen-bond acceptors (Lipinski definition) is 1. The summed E-state index contributed by atoms with van der Waals surface area (Å²) in [6.45, 7) is 12.8. The molecule has 0 aliphatic carbocycles. The predicted octanol–water partition coefficient (Wildman–Crippen LogP) is 24.1. The molecule has 0 atom stereocenters. The topological polar surface area (TPSA) is 22.4 Å². The van der Waals surface area contributed by atoms with Crippen LogP contribution in [0.15, 0.2) is 315 Å². The van der Waals surface area contributed by atoms with Crippen LogP contribution in [0.3, 0.4) is 0 Å². The molecule has 6 heteroatoms. The molecule has 20 aromatic rings. The minimum atomic E-state index is -0.721. The molecule has 0 spiro atoms. The molecule has 104 heavy (non-hydrogen) atoms. The van der Waals surface area contributed by atoms with Gasteiger partial charge < -0.3 is 23.0 Å². The van der Waals surface area contributed by atoms with Crippen molar-refractivity contribution >= 4 is 165 Å². The van der Waals surface area contributed by atoms with Gasteiger partial charge in [-0.25, -0.2) is 0 Å². The quantitative estimate of drug-likeness (QED) is 0.157. The van der Waals surface area contributed by atoms with Gasteiger partial charge in [-0.1, -0.05) is 260 Å². The van der Waals surface area contributed by atoms with Crippen LogP contribution in [-0.4, -0.2) is 24.8 Å². The molecule has 0 bridgehead atoms. The second-order valence-electron chi connectivity index (χ2n) is 30.2. The molecule has 5 nitrogen and oxygen atoms in total. The van der Waals surface area contributed by atoms with Crippen LogP contribution in [0.5, 0.6) is 0 Å². The Morgan fingerprint density at radius 3 is 1.49 bits per heavy atom. The maximum atomic E-state index is 9.97. The number of fused-ring (bicyclic) bond motifs is 24. The number of rotatable bonds is 5. The zero-order valence-corrected chi connectivity index (χ0v) is 57.8. The smallest absolute Gasteiger partial charge is 0.252 e. The van der Waals surface area contributed by atoms with Gasteiger partial charge >= 0.3 is 0 Å². The van der Waals surface area contributed by atoms with Crippen molar-refractivity contribution in [1.29, 1.82) is 0 Å². The van der Waals surface area contributed by atoms with Crippen molar-refractivity contribution in [2.75, 3.05) is 4.90 Å². The van der Waals surface area contributed by atoms with Gasteiger partial charge in [-0.2, -0.15) is 0 Å². The van der Waals surface area contributed by atoms with Crippen LogP contribution in [0.4, 0.5) is 17.1 Å². The third kappa shape index (κ3) is 8.28. The average Bonchev–Trinajstić information content (AvgIpc) is 1.53. The van der Waals surface area contributed by atoms with E-state index in [4.69, 9.17) is 6.85 Å². The third-order valence-corrected chi connectivity index (χ3v) is 22.5. The Morgan fingerprint density at radius 2 is 0.817 bits per heavy atom. The molecule has 0 N–H and O–H groups in total. The van der Waals surface area contributed by atoms with Crippen LogP contribution in [0.2, 0.25) is 0 Å². The van der Waals surface area contributed by atoms with E-state index in [0.717, 1.165) is 143 Å². The third-order valence-electron chi connectivity index (χ3n) is 22.5. The minimum absolute atomic E-state index is 0.00434. The second-order valence-corrected chi connectivity index (χ2v) is 30.2. The van der Waals surface area contributed by atoms with Gasteiger partial charge in [0.2, 0.25) is 0 Å². The molecule has 0 amide bonds. The standard InChI is InChI=1S/C98H70BN5/c1-97(2,3)63-43-50-86-78(53-63)79-54-64(98(4,5)6)44-51-87(79)100(86)66-47-48-81-89(57-66)102(65-45-40-61(41-46-65)59-24-9-7-10-25-59)96-92-76-36-23-35-75-71-31-16-14-29-69(71)68-28-13-15-30-70(68)72-32-17-22-39-85(72)103(94(75)76)90(92)58-91-93(96)99(81)82-56-67(101-83-37-20-18-33-73(83)74-34-19-21-38-84(74)101)55-80-77-52-62(60-26-11-8-12-27-60)42-49-88(77)104(91)95(80)82/h7-58H,1-6H3/i8D,11D,12D,18D,19D,20D,21D,26D,27D,33D,34D,37D,38D. The Balaban J connectivity index is 0.977. The highest BCUT2D eigenvalue weighted by Gasteiger charge is 2.45. The lowest BCUT2D eigenvalue weighted by Crippen LogP contribution is -2.60. The van der Waals surface area contributed by atoms with E-state index >= 15 is 0 Å². The van der Waals surface area contributed by atoms with Crippen LogP contribution in [0, 0.1) is 0 Å². The molecular weight excluding hydrogens is 1260 g/mol. The number of aromatic nitrogens is 4. The number of benzene rings is 15. The van der Waals surface area contributed by atoms with E-state index in [1.54, 1.807) is 4.57 Å². The average molecular weight is 1340 g/mol. The summed E-state index contributed by atoms with van der Waals surface area (Å²) < 4.78 is 131. The molecule has 5 aromatic heterocycles. The Bertz CT molecular complexity index is 7840. The van der Waals surface area contributed by atoms with E-state index in [1.165, 1.54) is 11.1 Å². The van der Waals surface area contributed by atoms with Gasteiger partial charge in [-0.15, -0.1) is 0 Å². The molecule has 15 aromatic carbocycles. The van der Waals surface area contributed by atoms with Crippen molar-refractivity contribution in [3.8, 4) is 39.3 Å². The predicted molar refractivity (Wildman–Crippen MR) is 444 cm³/mol. The van der Waals surface area contributed by atoms with Crippen molar-refractivity contribution in [1.82, 2.24) is 18.1 Å². The summed E-state index contributed by atoms with van der Waals surface area (Å²) in [6, 6.07) is 78.2. The van der Waals surface area contributed by atoms with Gasteiger partial charge in [0.15, 0.2) is 0 Å². The van der Waals surface area contributed by atoms with E-state index in [1.807, 2.05) is 36.4 Å². The molecule has 0 saturated heterocycles. The summed E-state index contributed by atoms with van der Waals surface area (Å²) in [6.07, 6.45) is 0. The van der Waals surface area contributed by atoms with Crippen molar-refractivity contribution in [3.05, 3.63) is 326 Å². The summed E-state index contributed by atoms with van der Waals surface area (Å²) in [5.41, 5.74) is 17.9. The fourth-order valence-electron chi connectivity index (χ4n) is 17.8. The normalized spacial score (nSPS) is 14.8. The first-order chi connectivity index (χ1) is 56.3. The number of para-hydroxylation sites is 4. The monoisotopic (exact) mass is 1340 g/mol. The van der Waals surface area contributed by atoms with Crippen LogP contribution in [0.25, 0.3) is 164 Å². The van der Waals surface area contributed by atoms with Crippen molar-refractivity contribution < 1.29 is 17.8 Å². The number of nitrogens with zero attached hydrogens (tertiary/aromatic N) is 5. The number of hydrogen-bond donors (Lipinski definition) is 0. The first-order valence-corrected chi connectivity index (χ1v) is 35.6. The highest BCUT2D eigenvalue weighted by molar-refractivity contribution is 7.00. The van der Waals surface area contributed by atoms with Gasteiger partial charge in [0.25, 0.3) is 6.71 Å². The summed E-state index contributed by atoms with van der Waals surface area (Å²) in [4.78, 5) is 2.47. The highest BCUT2D eigenvalue weighted by atomic mass is 15.2. The molecule has 7 heterocycles. The zero-order chi connectivity index (χ0) is 80.5. The van der Waals surface area contributed by atoms with E-state index in [9.17, 15) is 11.0 Å². The molecule has 0 saturated carbocycles. The molecule has 0 unspecified atom stereocenters. The lowest BCUT2D eigenvalue weighted by molar-refractivity contribution is 0.590. The Morgan fingerprint density at radius 1 is 0.288 bits per heavy atom. The molecule has 0 radical (unpaired) electrons. The van der Waals surface area contributed by atoms with E-state index in [-0.39, 0.29) is 50.3 Å². The van der Waals surface area contributed by atoms with Crippen LogP contribution in [0.1, 0.15) is 70.5 Å². The maximum absolute atomic E-state index is 9.97. The molecule has 22 rings (SSSR count). The Labute approximate surface area is 620 Å². The second kappa shape index (κ2) is 21.5. The van der Waals surface area contributed by atoms with Gasteiger partial charge in [0, 0.05) is 87.8 Å². The molecular formula is C98H70BN5. The number of anilines is 3. The molecule has 2 aliphatic rings. The summed E-state index contributed by atoms with van der Waals surface area (Å²) >= 11 is 0. The van der Waals surface area contributed by atoms with Gasteiger partial charge in [-0.05, 0) is 179 Å². The van der Waals surface area contributed by atoms with E-state index < -0.39 is 73.2 Å². The molecule has 2 aliphatic heterocycles. The fourth-order valence-corrected chi connectivity index (χ4v) is 17.8. The van der Waals surface area contributed by atoms with Gasteiger partial charge in [0.1, 0.15) is 0 Å². The minimum Gasteiger partial charge on any atom is -0.311 e. The van der Waals surface area contributed by atoms with Gasteiger partial charge in [0.05, 0.1) is 67.6 Å². The maximum Gasteiger partial charge on any atom is 0.252 e. The van der Waals surface area contributed by atoms with Crippen LogP contribution >= 0.6 is 0 Å². The van der Waals surface area contributed by atoms with Gasteiger partial charge in [-0.3, -0.25) is 0 Å². The van der Waals surface area contributed by atoms with Crippen molar-refractivity contribution in [3.63, 3.8) is 0 Å².